The van der Waals surface area contributed by atoms with Gasteiger partial charge in [-0.25, -0.2) is 4.79 Å². The van der Waals surface area contributed by atoms with Crippen LogP contribution in [0.5, 0.6) is 0 Å². The summed E-state index contributed by atoms with van der Waals surface area (Å²) in [5.41, 5.74) is 0.577. The molecular formula is C12H19N3O5S. The van der Waals surface area contributed by atoms with Crippen LogP contribution in [0.4, 0.5) is 0 Å². The Morgan fingerprint density at radius 3 is 2.62 bits per heavy atom. The number of carbonyl (C=O) groups is 1. The van der Waals surface area contributed by atoms with Crippen molar-refractivity contribution in [3.05, 3.63) is 17.5 Å². The molecule has 1 aromatic heterocycles. The molecule has 2 rings (SSSR count). The summed E-state index contributed by atoms with van der Waals surface area (Å²) in [4.78, 5) is 10.8. The normalized spacial score (nSPS) is 18.2. The molecule has 0 unspecified atom stereocenters. The summed E-state index contributed by atoms with van der Waals surface area (Å²) >= 11 is 0. The van der Waals surface area contributed by atoms with E-state index in [1.807, 2.05) is 0 Å². The maximum atomic E-state index is 12.2. The molecule has 118 valence electrons. The van der Waals surface area contributed by atoms with Gasteiger partial charge in [0.1, 0.15) is 0 Å². The largest absolute Gasteiger partial charge is 0.475 e. The fraction of sp³-hybridized carbons (Fsp3) is 0.667. The molecule has 1 fully saturated rings. The standard InChI is InChI=1S/C12H19N3O5S/c1-3-14(2)21(18,19)15-6-4-9(5-7-15)10-8-11(12(16)17)20-13-10/h8-9H,3-7H2,1-2H3,(H,16,17). The van der Waals surface area contributed by atoms with Crippen LogP contribution in [0, 0.1) is 0 Å². The summed E-state index contributed by atoms with van der Waals surface area (Å²) in [6.45, 7) is 3.00. The average Bonchev–Trinajstić information content (AvgIpc) is 2.96. The van der Waals surface area contributed by atoms with Gasteiger partial charge in [0.2, 0.25) is 5.76 Å². The number of hydrogen-bond acceptors (Lipinski definition) is 5. The number of carboxylic acid groups (broad SMARTS) is 1. The van der Waals surface area contributed by atoms with Crippen molar-refractivity contribution in [1.29, 1.82) is 0 Å². The van der Waals surface area contributed by atoms with E-state index >= 15 is 0 Å². The van der Waals surface area contributed by atoms with E-state index in [1.165, 1.54) is 14.7 Å². The van der Waals surface area contributed by atoms with Crippen LogP contribution in [0.15, 0.2) is 10.6 Å². The number of piperidine rings is 1. The highest BCUT2D eigenvalue weighted by molar-refractivity contribution is 7.86. The predicted octanol–water partition coefficient (Wildman–Crippen LogP) is 0.749. The van der Waals surface area contributed by atoms with Gasteiger partial charge in [-0.3, -0.25) is 0 Å². The molecule has 0 atom stereocenters. The second kappa shape index (κ2) is 6.12. The number of nitrogens with zero attached hydrogens (tertiary/aromatic N) is 3. The Morgan fingerprint density at radius 2 is 2.14 bits per heavy atom. The summed E-state index contributed by atoms with van der Waals surface area (Å²) in [5.74, 6) is -1.32. The van der Waals surface area contributed by atoms with Gasteiger partial charge < -0.3 is 9.63 Å². The van der Waals surface area contributed by atoms with Crippen LogP contribution in [0.1, 0.15) is 41.9 Å². The minimum absolute atomic E-state index is 0.0280. The Kier molecular flexibility index (Phi) is 4.64. The smallest absolute Gasteiger partial charge is 0.374 e. The highest BCUT2D eigenvalue weighted by Crippen LogP contribution is 2.29. The quantitative estimate of drug-likeness (QED) is 0.859. The first-order valence-electron chi connectivity index (χ1n) is 6.77. The van der Waals surface area contributed by atoms with Crippen LogP contribution in [-0.4, -0.2) is 59.9 Å². The SMILES string of the molecule is CCN(C)S(=O)(=O)N1CCC(c2cc(C(=O)O)on2)CC1. The fourth-order valence-electron chi connectivity index (χ4n) is 2.32. The third kappa shape index (κ3) is 3.25. The monoisotopic (exact) mass is 317 g/mol. The number of aromatic carboxylic acids is 1. The lowest BCUT2D eigenvalue weighted by Gasteiger charge is -2.32. The Bertz CT molecular complexity index is 604. The van der Waals surface area contributed by atoms with Crippen LogP contribution in [-0.2, 0) is 10.2 Å². The summed E-state index contributed by atoms with van der Waals surface area (Å²) in [6.07, 6.45) is 1.20. The molecule has 0 saturated carbocycles. The molecular weight excluding hydrogens is 298 g/mol. The number of carboxylic acids is 1. The molecule has 1 aliphatic rings. The molecule has 0 spiro atoms. The third-order valence-electron chi connectivity index (χ3n) is 3.78. The molecule has 0 bridgehead atoms. The van der Waals surface area contributed by atoms with Crippen LogP contribution in [0.25, 0.3) is 0 Å². The first-order valence-corrected chi connectivity index (χ1v) is 8.17. The predicted molar refractivity (Wildman–Crippen MR) is 74.2 cm³/mol. The number of aromatic nitrogens is 1. The van der Waals surface area contributed by atoms with Gasteiger partial charge in [-0.15, -0.1) is 0 Å². The molecule has 0 aliphatic carbocycles. The van der Waals surface area contributed by atoms with Gasteiger partial charge in [0.15, 0.2) is 0 Å². The molecule has 0 radical (unpaired) electrons. The molecule has 1 N–H and O–H groups in total. The molecule has 21 heavy (non-hydrogen) atoms. The Hall–Kier alpha value is -1.45. The summed E-state index contributed by atoms with van der Waals surface area (Å²) in [6, 6.07) is 1.41. The summed E-state index contributed by atoms with van der Waals surface area (Å²) < 4.78 is 31.9. The van der Waals surface area contributed by atoms with E-state index in [1.54, 1.807) is 14.0 Å². The third-order valence-corrected chi connectivity index (χ3v) is 5.84. The van der Waals surface area contributed by atoms with Crippen molar-refractivity contribution in [1.82, 2.24) is 13.8 Å². The van der Waals surface area contributed by atoms with Crippen molar-refractivity contribution in [2.24, 2.45) is 0 Å². The molecule has 0 amide bonds. The Labute approximate surface area is 123 Å². The maximum Gasteiger partial charge on any atom is 0.374 e. The van der Waals surface area contributed by atoms with Gasteiger partial charge in [0, 0.05) is 38.7 Å². The molecule has 1 aliphatic heterocycles. The van der Waals surface area contributed by atoms with E-state index < -0.39 is 16.2 Å². The lowest BCUT2D eigenvalue weighted by molar-refractivity contribution is 0.0651. The van der Waals surface area contributed by atoms with Crippen molar-refractivity contribution < 1.29 is 22.8 Å². The van der Waals surface area contributed by atoms with Crippen LogP contribution in [0.3, 0.4) is 0 Å². The van der Waals surface area contributed by atoms with E-state index in [4.69, 9.17) is 9.63 Å². The van der Waals surface area contributed by atoms with Gasteiger partial charge in [0.05, 0.1) is 5.69 Å². The lowest BCUT2D eigenvalue weighted by atomic mass is 9.94. The number of rotatable bonds is 5. The van der Waals surface area contributed by atoms with Gasteiger partial charge >= 0.3 is 5.97 Å². The van der Waals surface area contributed by atoms with Crippen molar-refractivity contribution in [3.63, 3.8) is 0 Å². The first-order chi connectivity index (χ1) is 9.86. The van der Waals surface area contributed by atoms with Gasteiger partial charge in [-0.05, 0) is 12.8 Å². The summed E-state index contributed by atoms with van der Waals surface area (Å²) in [7, 11) is -1.84. The zero-order valence-corrected chi connectivity index (χ0v) is 12.8. The molecule has 9 heteroatoms. The molecule has 8 nitrogen and oxygen atoms in total. The second-order valence-corrected chi connectivity index (χ2v) is 7.05. The van der Waals surface area contributed by atoms with Crippen LogP contribution < -0.4 is 0 Å². The zero-order valence-electron chi connectivity index (χ0n) is 12.0. The highest BCUT2D eigenvalue weighted by atomic mass is 32.2. The topological polar surface area (TPSA) is 104 Å². The van der Waals surface area contributed by atoms with E-state index in [0.29, 0.717) is 38.2 Å². The Morgan fingerprint density at radius 1 is 1.52 bits per heavy atom. The summed E-state index contributed by atoms with van der Waals surface area (Å²) in [5, 5.41) is 12.6. The van der Waals surface area contributed by atoms with E-state index in [0.717, 1.165) is 0 Å². The van der Waals surface area contributed by atoms with Gasteiger partial charge in [0.25, 0.3) is 10.2 Å². The van der Waals surface area contributed by atoms with Gasteiger partial charge in [-0.2, -0.15) is 17.0 Å². The van der Waals surface area contributed by atoms with Crippen molar-refractivity contribution >= 4 is 16.2 Å². The average molecular weight is 317 g/mol. The fourth-order valence-corrected chi connectivity index (χ4v) is 3.72. The number of hydrogen-bond donors (Lipinski definition) is 1. The molecule has 1 saturated heterocycles. The zero-order chi connectivity index (χ0) is 15.6. The minimum Gasteiger partial charge on any atom is -0.475 e. The lowest BCUT2D eigenvalue weighted by Crippen LogP contribution is -2.45. The Balaban J connectivity index is 2.01. The molecule has 1 aromatic rings. The first kappa shape index (κ1) is 15.9. The van der Waals surface area contributed by atoms with E-state index in [-0.39, 0.29) is 11.7 Å². The highest BCUT2D eigenvalue weighted by Gasteiger charge is 2.32. The molecule has 2 heterocycles. The molecule has 0 aromatic carbocycles. The van der Waals surface area contributed by atoms with Crippen molar-refractivity contribution in [2.75, 3.05) is 26.7 Å². The van der Waals surface area contributed by atoms with Crippen LogP contribution in [0.2, 0.25) is 0 Å². The minimum atomic E-state index is -3.40. The van der Waals surface area contributed by atoms with Crippen molar-refractivity contribution in [3.8, 4) is 0 Å². The maximum absolute atomic E-state index is 12.2. The van der Waals surface area contributed by atoms with E-state index in [2.05, 4.69) is 5.16 Å². The second-order valence-electron chi connectivity index (χ2n) is 5.02. The van der Waals surface area contributed by atoms with Gasteiger partial charge in [-0.1, -0.05) is 12.1 Å². The van der Waals surface area contributed by atoms with Crippen LogP contribution >= 0.6 is 0 Å². The van der Waals surface area contributed by atoms with Crippen molar-refractivity contribution in [2.45, 2.75) is 25.7 Å². The van der Waals surface area contributed by atoms with E-state index in [9.17, 15) is 13.2 Å².